The molecule has 0 unspecified atom stereocenters. The maximum atomic E-state index is 5.43. The Kier molecular flexibility index (Phi) is 8.36. The number of rotatable bonds is 6. The summed E-state index contributed by atoms with van der Waals surface area (Å²) in [5, 5.41) is 6.56. The summed E-state index contributed by atoms with van der Waals surface area (Å²) in [6.45, 7) is 1.14. The predicted octanol–water partition coefficient (Wildman–Crippen LogP) is 3.60. The van der Waals surface area contributed by atoms with Crippen molar-refractivity contribution < 1.29 is 9.47 Å². The van der Waals surface area contributed by atoms with E-state index in [1.54, 1.807) is 21.3 Å². The lowest BCUT2D eigenvalue weighted by Crippen LogP contribution is -2.36. The Morgan fingerprint density at radius 3 is 2.61 bits per heavy atom. The first kappa shape index (κ1) is 22.3. The van der Waals surface area contributed by atoms with E-state index in [1.165, 1.54) is 0 Å². The van der Waals surface area contributed by atoms with E-state index in [2.05, 4.69) is 36.5 Å². The maximum absolute atomic E-state index is 5.43. The number of benzene rings is 1. The number of pyridine rings is 1. The number of halogens is 2. The van der Waals surface area contributed by atoms with E-state index in [-0.39, 0.29) is 24.0 Å². The molecule has 0 aliphatic heterocycles. The van der Waals surface area contributed by atoms with E-state index in [9.17, 15) is 0 Å². The van der Waals surface area contributed by atoms with Crippen LogP contribution in [0.3, 0.4) is 0 Å². The first-order chi connectivity index (χ1) is 13.1. The molecular formula is C19H23BrIN5O2. The molecule has 0 saturated heterocycles. The Morgan fingerprint density at radius 1 is 1.11 bits per heavy atom. The van der Waals surface area contributed by atoms with Gasteiger partial charge in [0.1, 0.15) is 17.1 Å². The quantitative estimate of drug-likeness (QED) is 0.274. The summed E-state index contributed by atoms with van der Waals surface area (Å²) < 4.78 is 13.7. The van der Waals surface area contributed by atoms with Crippen molar-refractivity contribution in [1.82, 2.24) is 20.0 Å². The van der Waals surface area contributed by atoms with Crippen molar-refractivity contribution in [3.05, 3.63) is 58.5 Å². The van der Waals surface area contributed by atoms with Gasteiger partial charge in [0.2, 0.25) is 0 Å². The van der Waals surface area contributed by atoms with E-state index in [0.29, 0.717) is 19.0 Å². The molecule has 0 saturated carbocycles. The number of imidazole rings is 1. The maximum Gasteiger partial charge on any atom is 0.191 e. The molecule has 2 aromatic heterocycles. The van der Waals surface area contributed by atoms with Gasteiger partial charge in [-0.2, -0.15) is 0 Å². The monoisotopic (exact) mass is 559 g/mol. The number of guanidine groups is 1. The number of fused-ring (bicyclic) bond motifs is 1. The molecule has 150 valence electrons. The Bertz CT molecular complexity index is 961. The summed E-state index contributed by atoms with van der Waals surface area (Å²) in [5.74, 6) is 2.21. The molecule has 0 fully saturated rings. The van der Waals surface area contributed by atoms with Crippen molar-refractivity contribution >= 4 is 51.5 Å². The molecule has 9 heteroatoms. The number of ether oxygens (including phenoxy) is 2. The molecule has 28 heavy (non-hydrogen) atoms. The SMILES string of the molecule is CN=C(NCc1cn2cc(Br)ccc2n1)NCc1ccc(OC)cc1OC.I. The minimum atomic E-state index is 0. The van der Waals surface area contributed by atoms with Gasteiger partial charge in [-0.3, -0.25) is 4.99 Å². The molecular weight excluding hydrogens is 537 g/mol. The highest BCUT2D eigenvalue weighted by Crippen LogP contribution is 2.24. The highest BCUT2D eigenvalue weighted by Gasteiger charge is 2.07. The molecule has 1 aromatic carbocycles. The van der Waals surface area contributed by atoms with Gasteiger partial charge < -0.3 is 24.5 Å². The van der Waals surface area contributed by atoms with Gasteiger partial charge in [0.15, 0.2) is 5.96 Å². The van der Waals surface area contributed by atoms with E-state index < -0.39 is 0 Å². The molecule has 7 nitrogen and oxygen atoms in total. The molecule has 0 amide bonds. The Hall–Kier alpha value is -2.01. The van der Waals surface area contributed by atoms with Crippen LogP contribution in [0.4, 0.5) is 0 Å². The van der Waals surface area contributed by atoms with Crippen LogP contribution < -0.4 is 20.1 Å². The van der Waals surface area contributed by atoms with Crippen LogP contribution >= 0.6 is 39.9 Å². The summed E-state index contributed by atoms with van der Waals surface area (Å²) in [6, 6.07) is 9.68. The number of aromatic nitrogens is 2. The lowest BCUT2D eigenvalue weighted by molar-refractivity contribution is 0.390. The first-order valence-corrected chi connectivity index (χ1v) is 9.21. The van der Waals surface area contributed by atoms with Crippen molar-refractivity contribution in [2.75, 3.05) is 21.3 Å². The number of nitrogens with zero attached hydrogens (tertiary/aromatic N) is 3. The van der Waals surface area contributed by atoms with Crippen LogP contribution in [0, 0.1) is 0 Å². The summed E-state index contributed by atoms with van der Waals surface area (Å²) in [6.07, 6.45) is 3.97. The third-order valence-electron chi connectivity index (χ3n) is 4.07. The molecule has 3 rings (SSSR count). The van der Waals surface area contributed by atoms with Crippen molar-refractivity contribution in [2.45, 2.75) is 13.1 Å². The van der Waals surface area contributed by atoms with Gasteiger partial charge >= 0.3 is 0 Å². The number of hydrogen-bond donors (Lipinski definition) is 2. The van der Waals surface area contributed by atoms with Gasteiger partial charge in [0, 0.05) is 42.1 Å². The summed E-state index contributed by atoms with van der Waals surface area (Å²) >= 11 is 3.47. The smallest absolute Gasteiger partial charge is 0.191 e. The first-order valence-electron chi connectivity index (χ1n) is 8.41. The zero-order chi connectivity index (χ0) is 19.2. The van der Waals surface area contributed by atoms with Crippen molar-refractivity contribution in [2.24, 2.45) is 4.99 Å². The minimum absolute atomic E-state index is 0. The third-order valence-corrected chi connectivity index (χ3v) is 4.54. The molecule has 0 aliphatic carbocycles. The fourth-order valence-electron chi connectivity index (χ4n) is 2.67. The van der Waals surface area contributed by atoms with Crippen molar-refractivity contribution in [3.8, 4) is 11.5 Å². The van der Waals surface area contributed by atoms with Gasteiger partial charge in [-0.15, -0.1) is 24.0 Å². The standard InChI is InChI=1S/C19H22BrN5O2.HI/c1-21-19(22-9-13-4-6-16(26-2)8-17(13)27-3)23-10-15-12-25-11-14(20)5-7-18(25)24-15;/h4-8,11-12H,9-10H2,1-3H3,(H2,21,22,23);1H. The molecule has 0 bridgehead atoms. The second-order valence-electron chi connectivity index (χ2n) is 5.80. The summed E-state index contributed by atoms with van der Waals surface area (Å²) in [5.41, 5.74) is 2.85. The second-order valence-corrected chi connectivity index (χ2v) is 6.72. The largest absolute Gasteiger partial charge is 0.497 e. The van der Waals surface area contributed by atoms with Crippen molar-refractivity contribution in [1.29, 1.82) is 0 Å². The lowest BCUT2D eigenvalue weighted by atomic mass is 10.2. The van der Waals surface area contributed by atoms with E-state index >= 15 is 0 Å². The van der Waals surface area contributed by atoms with Crippen LogP contribution in [0.1, 0.15) is 11.3 Å². The van der Waals surface area contributed by atoms with Gasteiger partial charge in [0.25, 0.3) is 0 Å². The van der Waals surface area contributed by atoms with Gasteiger partial charge in [-0.25, -0.2) is 4.98 Å². The fourth-order valence-corrected chi connectivity index (χ4v) is 3.03. The van der Waals surface area contributed by atoms with Gasteiger partial charge in [0.05, 0.1) is 26.5 Å². The lowest BCUT2D eigenvalue weighted by Gasteiger charge is -2.14. The number of nitrogens with one attached hydrogen (secondary N) is 2. The average molecular weight is 560 g/mol. The van der Waals surface area contributed by atoms with Gasteiger partial charge in [-0.05, 0) is 40.2 Å². The number of aliphatic imine (C=N–C) groups is 1. The minimum Gasteiger partial charge on any atom is -0.497 e. The van der Waals surface area contributed by atoms with E-state index in [4.69, 9.17) is 9.47 Å². The van der Waals surface area contributed by atoms with E-state index in [0.717, 1.165) is 32.9 Å². The second kappa shape index (κ2) is 10.5. The third kappa shape index (κ3) is 5.51. The average Bonchev–Trinajstić information content (AvgIpc) is 3.10. The Balaban J connectivity index is 0.00000280. The summed E-state index contributed by atoms with van der Waals surface area (Å²) in [7, 11) is 5.02. The highest BCUT2D eigenvalue weighted by molar-refractivity contribution is 14.0. The van der Waals surface area contributed by atoms with E-state index in [1.807, 2.05) is 47.1 Å². The van der Waals surface area contributed by atoms with Crippen LogP contribution in [0.2, 0.25) is 0 Å². The molecule has 0 aliphatic rings. The van der Waals surface area contributed by atoms with Crippen LogP contribution in [0.25, 0.3) is 5.65 Å². The Morgan fingerprint density at radius 2 is 1.89 bits per heavy atom. The zero-order valence-corrected chi connectivity index (χ0v) is 19.8. The number of hydrogen-bond acceptors (Lipinski definition) is 4. The number of methoxy groups -OCH3 is 2. The van der Waals surface area contributed by atoms with Crippen molar-refractivity contribution in [3.63, 3.8) is 0 Å². The predicted molar refractivity (Wildman–Crippen MR) is 125 cm³/mol. The fraction of sp³-hybridized carbons (Fsp3) is 0.263. The topological polar surface area (TPSA) is 72.2 Å². The van der Waals surface area contributed by atoms with Crippen LogP contribution in [0.5, 0.6) is 11.5 Å². The normalized spacial score (nSPS) is 11.1. The molecule has 0 radical (unpaired) electrons. The molecule has 0 atom stereocenters. The highest BCUT2D eigenvalue weighted by atomic mass is 127. The van der Waals surface area contributed by atoms with Gasteiger partial charge in [-0.1, -0.05) is 0 Å². The molecule has 2 N–H and O–H groups in total. The van der Waals surface area contributed by atoms with Crippen LogP contribution in [0.15, 0.2) is 52.2 Å². The zero-order valence-electron chi connectivity index (χ0n) is 15.9. The molecule has 3 aromatic rings. The molecule has 2 heterocycles. The Labute approximate surface area is 189 Å². The summed E-state index contributed by atoms with van der Waals surface area (Å²) in [4.78, 5) is 8.85. The van der Waals surface area contributed by atoms with Crippen LogP contribution in [-0.4, -0.2) is 36.6 Å². The van der Waals surface area contributed by atoms with Crippen LogP contribution in [-0.2, 0) is 13.1 Å². The molecule has 0 spiro atoms.